The summed E-state index contributed by atoms with van der Waals surface area (Å²) in [6.07, 6.45) is -2.03. The summed E-state index contributed by atoms with van der Waals surface area (Å²) >= 11 is 0. The highest BCUT2D eigenvalue weighted by Gasteiger charge is 2.44. The van der Waals surface area contributed by atoms with Crippen molar-refractivity contribution in [1.82, 2.24) is 0 Å². The zero-order chi connectivity index (χ0) is 13.6. The third-order valence-corrected chi connectivity index (χ3v) is 4.14. The summed E-state index contributed by atoms with van der Waals surface area (Å²) in [5, 5.41) is 10.3. The standard InChI is InChI=1S/C14H15F3O2/c15-14(16,17)9-3-1-8(2-4-9)13(18)11-7-10-5-6-12(11)19-10/h1-4,10-13,18H,5-7H2. The third kappa shape index (κ3) is 2.37. The normalized spacial score (nSPS) is 31.7. The number of rotatable bonds is 2. The monoisotopic (exact) mass is 272 g/mol. The molecule has 0 spiro atoms. The van der Waals surface area contributed by atoms with Crippen molar-refractivity contribution in [2.45, 2.75) is 43.8 Å². The second-order valence-electron chi connectivity index (χ2n) is 5.34. The van der Waals surface area contributed by atoms with Crippen molar-refractivity contribution in [2.75, 3.05) is 0 Å². The van der Waals surface area contributed by atoms with E-state index in [4.69, 9.17) is 4.74 Å². The number of ether oxygens (including phenoxy) is 1. The predicted octanol–water partition coefficient (Wildman–Crippen LogP) is 3.31. The topological polar surface area (TPSA) is 29.5 Å². The molecule has 5 heteroatoms. The predicted molar refractivity (Wildman–Crippen MR) is 62.4 cm³/mol. The van der Waals surface area contributed by atoms with Gasteiger partial charge in [-0.1, -0.05) is 12.1 Å². The lowest BCUT2D eigenvalue weighted by Crippen LogP contribution is -2.23. The average Bonchev–Trinajstić information content (AvgIpc) is 2.99. The van der Waals surface area contributed by atoms with Gasteiger partial charge in [-0.15, -0.1) is 0 Å². The van der Waals surface area contributed by atoms with E-state index in [1.165, 1.54) is 12.1 Å². The van der Waals surface area contributed by atoms with E-state index in [1.54, 1.807) is 0 Å². The molecule has 2 heterocycles. The van der Waals surface area contributed by atoms with Gasteiger partial charge in [-0.25, -0.2) is 0 Å². The highest BCUT2D eigenvalue weighted by molar-refractivity contribution is 5.26. The fraction of sp³-hybridized carbons (Fsp3) is 0.571. The van der Waals surface area contributed by atoms with Crippen molar-refractivity contribution in [3.8, 4) is 0 Å². The van der Waals surface area contributed by atoms with Crippen LogP contribution in [0.4, 0.5) is 13.2 Å². The summed E-state index contributed by atoms with van der Waals surface area (Å²) < 4.78 is 43.1. The number of hydrogen-bond acceptors (Lipinski definition) is 2. The largest absolute Gasteiger partial charge is 0.416 e. The van der Waals surface area contributed by atoms with Crippen molar-refractivity contribution < 1.29 is 23.0 Å². The second-order valence-corrected chi connectivity index (χ2v) is 5.34. The minimum Gasteiger partial charge on any atom is -0.388 e. The molecule has 0 aliphatic carbocycles. The van der Waals surface area contributed by atoms with Crippen molar-refractivity contribution in [3.05, 3.63) is 35.4 Å². The maximum Gasteiger partial charge on any atom is 0.416 e. The van der Waals surface area contributed by atoms with E-state index in [0.29, 0.717) is 5.56 Å². The van der Waals surface area contributed by atoms with Gasteiger partial charge in [0, 0.05) is 5.92 Å². The molecule has 2 fully saturated rings. The Labute approximate surface area is 109 Å². The van der Waals surface area contributed by atoms with Gasteiger partial charge in [-0.3, -0.25) is 0 Å². The summed E-state index contributed by atoms with van der Waals surface area (Å²) in [7, 11) is 0. The van der Waals surface area contributed by atoms with Crippen LogP contribution in [-0.4, -0.2) is 17.3 Å². The molecule has 0 aromatic heterocycles. The van der Waals surface area contributed by atoms with Crippen LogP contribution in [0.5, 0.6) is 0 Å². The summed E-state index contributed by atoms with van der Waals surface area (Å²) in [6, 6.07) is 4.76. The highest BCUT2D eigenvalue weighted by atomic mass is 19.4. The van der Waals surface area contributed by atoms with Crippen molar-refractivity contribution in [3.63, 3.8) is 0 Å². The first kappa shape index (κ1) is 12.9. The SMILES string of the molecule is OC(c1ccc(C(F)(F)F)cc1)C1CC2CCC1O2. The molecule has 1 aromatic carbocycles. The molecule has 2 aliphatic heterocycles. The lowest BCUT2D eigenvalue weighted by molar-refractivity contribution is -0.137. The zero-order valence-corrected chi connectivity index (χ0v) is 10.2. The number of hydrogen-bond donors (Lipinski definition) is 1. The Bertz CT molecular complexity index is 455. The first-order valence-electron chi connectivity index (χ1n) is 6.46. The van der Waals surface area contributed by atoms with Gasteiger partial charge >= 0.3 is 6.18 Å². The van der Waals surface area contributed by atoms with E-state index < -0.39 is 17.8 Å². The molecule has 2 nitrogen and oxygen atoms in total. The Morgan fingerprint density at radius 3 is 2.32 bits per heavy atom. The minimum absolute atomic E-state index is 0.00971. The van der Waals surface area contributed by atoms with E-state index in [0.717, 1.165) is 31.4 Å². The first-order valence-corrected chi connectivity index (χ1v) is 6.46. The minimum atomic E-state index is -4.33. The molecule has 0 amide bonds. The molecule has 3 rings (SSSR count). The Balaban J connectivity index is 1.75. The number of halogens is 3. The number of fused-ring (bicyclic) bond motifs is 2. The van der Waals surface area contributed by atoms with Gasteiger partial charge in [0.25, 0.3) is 0 Å². The average molecular weight is 272 g/mol. The molecular formula is C14H15F3O2. The Hall–Kier alpha value is -1.07. The molecule has 0 saturated carbocycles. The van der Waals surface area contributed by atoms with Crippen LogP contribution in [0.25, 0.3) is 0 Å². The molecule has 2 saturated heterocycles. The van der Waals surface area contributed by atoms with E-state index in [-0.39, 0.29) is 18.1 Å². The molecule has 2 bridgehead atoms. The van der Waals surface area contributed by atoms with Gasteiger partial charge in [-0.05, 0) is 37.0 Å². The molecular weight excluding hydrogens is 257 g/mol. The van der Waals surface area contributed by atoms with Crippen LogP contribution in [0, 0.1) is 5.92 Å². The number of aliphatic hydroxyl groups is 1. The van der Waals surface area contributed by atoms with Gasteiger partial charge in [0.2, 0.25) is 0 Å². The molecule has 2 aliphatic rings. The van der Waals surface area contributed by atoms with Crippen LogP contribution in [0.15, 0.2) is 24.3 Å². The zero-order valence-electron chi connectivity index (χ0n) is 10.2. The molecule has 1 aromatic rings. The van der Waals surface area contributed by atoms with Crippen molar-refractivity contribution in [2.24, 2.45) is 5.92 Å². The Kier molecular flexibility index (Phi) is 3.06. The molecule has 4 atom stereocenters. The van der Waals surface area contributed by atoms with Crippen LogP contribution < -0.4 is 0 Å². The van der Waals surface area contributed by atoms with Gasteiger partial charge in [0.15, 0.2) is 0 Å². The van der Waals surface area contributed by atoms with Gasteiger partial charge in [-0.2, -0.15) is 13.2 Å². The van der Waals surface area contributed by atoms with Gasteiger partial charge in [0.05, 0.1) is 23.9 Å². The van der Waals surface area contributed by atoms with E-state index in [2.05, 4.69) is 0 Å². The van der Waals surface area contributed by atoms with Gasteiger partial charge in [0.1, 0.15) is 0 Å². The van der Waals surface area contributed by atoms with Crippen molar-refractivity contribution >= 4 is 0 Å². The number of aliphatic hydroxyl groups excluding tert-OH is 1. The molecule has 0 radical (unpaired) electrons. The first-order chi connectivity index (χ1) is 8.95. The molecule has 1 N–H and O–H groups in total. The number of alkyl halides is 3. The van der Waals surface area contributed by atoms with Crippen LogP contribution in [0.3, 0.4) is 0 Å². The van der Waals surface area contributed by atoms with Crippen molar-refractivity contribution in [1.29, 1.82) is 0 Å². The summed E-state index contributed by atoms with van der Waals surface area (Å²) in [4.78, 5) is 0. The van der Waals surface area contributed by atoms with Crippen LogP contribution in [0.2, 0.25) is 0 Å². The summed E-state index contributed by atoms with van der Waals surface area (Å²) in [6.45, 7) is 0. The third-order valence-electron chi connectivity index (χ3n) is 4.14. The molecule has 19 heavy (non-hydrogen) atoms. The molecule has 104 valence electrons. The maximum atomic E-state index is 12.5. The lowest BCUT2D eigenvalue weighted by atomic mass is 9.82. The van der Waals surface area contributed by atoms with Gasteiger partial charge < -0.3 is 9.84 Å². The number of benzene rings is 1. The highest BCUT2D eigenvalue weighted by Crippen LogP contribution is 2.44. The Morgan fingerprint density at radius 1 is 1.16 bits per heavy atom. The van der Waals surface area contributed by atoms with E-state index in [9.17, 15) is 18.3 Å². The smallest absolute Gasteiger partial charge is 0.388 e. The fourth-order valence-corrected chi connectivity index (χ4v) is 3.13. The lowest BCUT2D eigenvalue weighted by Gasteiger charge is -2.24. The van der Waals surface area contributed by atoms with E-state index >= 15 is 0 Å². The maximum absolute atomic E-state index is 12.5. The van der Waals surface area contributed by atoms with Crippen LogP contribution in [0.1, 0.15) is 36.5 Å². The molecule has 4 unspecified atom stereocenters. The van der Waals surface area contributed by atoms with Crippen LogP contribution >= 0.6 is 0 Å². The summed E-state index contributed by atoms with van der Waals surface area (Å²) in [5.74, 6) is 0.00971. The van der Waals surface area contributed by atoms with Crippen LogP contribution in [-0.2, 0) is 10.9 Å². The summed E-state index contributed by atoms with van der Waals surface area (Å²) in [5.41, 5.74) is -0.151. The Morgan fingerprint density at radius 2 is 1.84 bits per heavy atom. The fourth-order valence-electron chi connectivity index (χ4n) is 3.13. The second kappa shape index (κ2) is 4.49. The van der Waals surface area contributed by atoms with E-state index in [1.807, 2.05) is 0 Å². The quantitative estimate of drug-likeness (QED) is 0.895.